The molecule has 0 aromatic heterocycles. The third-order valence-electron chi connectivity index (χ3n) is 3.11. The number of esters is 1. The molecular formula is C16H24O4. The first kappa shape index (κ1) is 16.7. The second-order valence-electron chi connectivity index (χ2n) is 5.53. The lowest BCUT2D eigenvalue weighted by atomic mass is 9.97. The number of hydrogen-bond donors (Lipinski definition) is 2. The van der Waals surface area contributed by atoms with Gasteiger partial charge in [-0.15, -0.1) is 0 Å². The number of aliphatic hydroxyl groups excluding tert-OH is 2. The molecule has 0 bridgehead atoms. The zero-order valence-corrected chi connectivity index (χ0v) is 12.4. The first-order chi connectivity index (χ1) is 9.43. The van der Waals surface area contributed by atoms with Crippen LogP contribution in [0, 0.1) is 5.92 Å². The van der Waals surface area contributed by atoms with Crippen LogP contribution in [-0.2, 0) is 16.0 Å². The van der Waals surface area contributed by atoms with Gasteiger partial charge in [0.25, 0.3) is 0 Å². The molecule has 0 saturated heterocycles. The molecule has 1 rings (SSSR count). The Labute approximate surface area is 120 Å². The van der Waals surface area contributed by atoms with E-state index in [1.54, 1.807) is 6.92 Å². The fraction of sp³-hybridized carbons (Fsp3) is 0.562. The van der Waals surface area contributed by atoms with Crippen molar-refractivity contribution >= 4 is 5.97 Å². The van der Waals surface area contributed by atoms with E-state index in [1.807, 2.05) is 24.3 Å². The van der Waals surface area contributed by atoms with Crippen LogP contribution in [0.1, 0.15) is 37.8 Å². The van der Waals surface area contributed by atoms with E-state index in [0.717, 1.165) is 12.0 Å². The maximum Gasteiger partial charge on any atom is 0.313 e. The second kappa shape index (κ2) is 8.02. The Kier molecular flexibility index (Phi) is 6.68. The molecular weight excluding hydrogens is 256 g/mol. The van der Waals surface area contributed by atoms with Crippen molar-refractivity contribution in [2.45, 2.75) is 39.2 Å². The van der Waals surface area contributed by atoms with Crippen LogP contribution in [-0.4, -0.2) is 35.5 Å². The predicted molar refractivity (Wildman–Crippen MR) is 77.5 cm³/mol. The van der Waals surface area contributed by atoms with Crippen LogP contribution >= 0.6 is 0 Å². The van der Waals surface area contributed by atoms with Crippen molar-refractivity contribution in [2.75, 3.05) is 13.2 Å². The van der Waals surface area contributed by atoms with Crippen molar-refractivity contribution in [3.8, 4) is 0 Å². The zero-order valence-electron chi connectivity index (χ0n) is 12.4. The van der Waals surface area contributed by atoms with E-state index in [9.17, 15) is 4.79 Å². The number of rotatable bonds is 7. The predicted octanol–water partition coefficient (Wildman–Crippen LogP) is 1.89. The molecule has 0 saturated carbocycles. The maximum atomic E-state index is 11.8. The lowest BCUT2D eigenvalue weighted by Gasteiger charge is -2.14. The summed E-state index contributed by atoms with van der Waals surface area (Å²) in [5.41, 5.74) is 2.14. The zero-order chi connectivity index (χ0) is 15.1. The fourth-order valence-corrected chi connectivity index (χ4v) is 1.91. The quantitative estimate of drug-likeness (QED) is 0.748. The van der Waals surface area contributed by atoms with E-state index in [-0.39, 0.29) is 12.5 Å². The molecule has 0 radical (unpaired) electrons. The molecule has 112 valence electrons. The summed E-state index contributed by atoms with van der Waals surface area (Å²) in [4.78, 5) is 11.8. The molecule has 1 aromatic rings. The standard InChI is InChI=1S/C16H24O4/c1-11(2)8-13-4-6-14(7-5-13)12(3)16(19)20-10-15(18)9-17/h4-7,11-12,15,17-18H,8-10H2,1-3H3/t12-,15+/m0/s1. The highest BCUT2D eigenvalue weighted by Crippen LogP contribution is 2.19. The van der Waals surface area contributed by atoms with Gasteiger partial charge in [-0.3, -0.25) is 4.79 Å². The maximum absolute atomic E-state index is 11.8. The van der Waals surface area contributed by atoms with Crippen LogP contribution in [0.2, 0.25) is 0 Å². The number of carbonyl (C=O) groups is 1. The van der Waals surface area contributed by atoms with Crippen LogP contribution in [0.4, 0.5) is 0 Å². The number of hydrogen-bond acceptors (Lipinski definition) is 4. The van der Waals surface area contributed by atoms with Gasteiger partial charge in [-0.05, 0) is 30.4 Å². The smallest absolute Gasteiger partial charge is 0.313 e. The third kappa shape index (κ3) is 5.31. The average molecular weight is 280 g/mol. The minimum absolute atomic E-state index is 0.175. The summed E-state index contributed by atoms with van der Waals surface area (Å²) in [6.45, 7) is 5.52. The average Bonchev–Trinajstić information content (AvgIpc) is 2.43. The minimum Gasteiger partial charge on any atom is -0.462 e. The highest BCUT2D eigenvalue weighted by molar-refractivity contribution is 5.77. The molecule has 0 unspecified atom stereocenters. The molecule has 20 heavy (non-hydrogen) atoms. The van der Waals surface area contributed by atoms with Gasteiger partial charge in [0.2, 0.25) is 0 Å². The molecule has 2 atom stereocenters. The summed E-state index contributed by atoms with van der Waals surface area (Å²) in [5.74, 6) is -0.175. The van der Waals surface area contributed by atoms with Crippen molar-refractivity contribution in [3.05, 3.63) is 35.4 Å². The van der Waals surface area contributed by atoms with Crippen LogP contribution in [0.15, 0.2) is 24.3 Å². The third-order valence-corrected chi connectivity index (χ3v) is 3.11. The molecule has 4 nitrogen and oxygen atoms in total. The van der Waals surface area contributed by atoms with Gasteiger partial charge in [-0.2, -0.15) is 0 Å². The molecule has 2 N–H and O–H groups in total. The van der Waals surface area contributed by atoms with Crippen LogP contribution in [0.3, 0.4) is 0 Å². The van der Waals surface area contributed by atoms with Crippen LogP contribution in [0.25, 0.3) is 0 Å². The number of aliphatic hydroxyl groups is 2. The Morgan fingerprint density at radius 1 is 1.20 bits per heavy atom. The summed E-state index contributed by atoms with van der Waals surface area (Å²) in [7, 11) is 0. The largest absolute Gasteiger partial charge is 0.462 e. The Balaban J connectivity index is 2.58. The molecule has 0 fully saturated rings. The summed E-state index contributed by atoms with van der Waals surface area (Å²) in [5, 5.41) is 17.8. The van der Waals surface area contributed by atoms with Gasteiger partial charge in [-0.1, -0.05) is 38.1 Å². The van der Waals surface area contributed by atoms with Gasteiger partial charge in [0, 0.05) is 0 Å². The van der Waals surface area contributed by atoms with Crippen LogP contribution < -0.4 is 0 Å². The summed E-state index contributed by atoms with van der Waals surface area (Å²) in [6.07, 6.45) is 0.00139. The van der Waals surface area contributed by atoms with E-state index in [4.69, 9.17) is 14.9 Å². The van der Waals surface area contributed by atoms with E-state index >= 15 is 0 Å². The molecule has 0 amide bonds. The molecule has 1 aromatic carbocycles. The Morgan fingerprint density at radius 3 is 2.30 bits per heavy atom. The van der Waals surface area contributed by atoms with Crippen molar-refractivity contribution in [1.29, 1.82) is 0 Å². The van der Waals surface area contributed by atoms with Gasteiger partial charge >= 0.3 is 5.97 Å². The Morgan fingerprint density at radius 2 is 1.80 bits per heavy atom. The van der Waals surface area contributed by atoms with E-state index in [1.165, 1.54) is 5.56 Å². The molecule has 0 heterocycles. The van der Waals surface area contributed by atoms with Crippen LogP contribution in [0.5, 0.6) is 0 Å². The normalized spacial score (nSPS) is 14.1. The molecule has 0 aliphatic rings. The second-order valence-corrected chi connectivity index (χ2v) is 5.53. The van der Waals surface area contributed by atoms with Gasteiger partial charge in [0.15, 0.2) is 0 Å². The van der Waals surface area contributed by atoms with Crippen molar-refractivity contribution in [1.82, 2.24) is 0 Å². The number of benzene rings is 1. The fourth-order valence-electron chi connectivity index (χ4n) is 1.91. The SMILES string of the molecule is CC(C)Cc1ccc([C@H](C)C(=O)OC[C@H](O)CO)cc1. The summed E-state index contributed by atoms with van der Waals surface area (Å²) < 4.78 is 4.96. The van der Waals surface area contributed by atoms with Crippen molar-refractivity contribution in [2.24, 2.45) is 5.92 Å². The van der Waals surface area contributed by atoms with Gasteiger partial charge < -0.3 is 14.9 Å². The topological polar surface area (TPSA) is 66.8 Å². The van der Waals surface area contributed by atoms with E-state index < -0.39 is 18.7 Å². The van der Waals surface area contributed by atoms with Crippen molar-refractivity contribution < 1.29 is 19.7 Å². The lowest BCUT2D eigenvalue weighted by molar-refractivity contribution is -0.148. The minimum atomic E-state index is -1.01. The lowest BCUT2D eigenvalue weighted by Crippen LogP contribution is -2.24. The highest BCUT2D eigenvalue weighted by atomic mass is 16.5. The summed E-state index contributed by atoms with van der Waals surface area (Å²) in [6, 6.07) is 7.93. The highest BCUT2D eigenvalue weighted by Gasteiger charge is 2.18. The van der Waals surface area contributed by atoms with E-state index in [0.29, 0.717) is 5.92 Å². The van der Waals surface area contributed by atoms with Gasteiger partial charge in [0.05, 0.1) is 12.5 Å². The van der Waals surface area contributed by atoms with E-state index in [2.05, 4.69) is 13.8 Å². The monoisotopic (exact) mass is 280 g/mol. The number of ether oxygens (including phenoxy) is 1. The Hall–Kier alpha value is -1.39. The molecule has 4 heteroatoms. The Bertz CT molecular complexity index is 411. The van der Waals surface area contributed by atoms with Crippen molar-refractivity contribution in [3.63, 3.8) is 0 Å². The van der Waals surface area contributed by atoms with Gasteiger partial charge in [-0.25, -0.2) is 0 Å². The first-order valence-electron chi connectivity index (χ1n) is 6.98. The molecule has 0 aliphatic heterocycles. The first-order valence-corrected chi connectivity index (χ1v) is 6.98. The van der Waals surface area contributed by atoms with Gasteiger partial charge in [0.1, 0.15) is 12.7 Å². The molecule has 0 aliphatic carbocycles. The number of carbonyl (C=O) groups excluding carboxylic acids is 1. The summed E-state index contributed by atoms with van der Waals surface area (Å²) >= 11 is 0. The molecule has 0 spiro atoms.